The number of amides is 1. The number of aryl methyl sites for hydroxylation is 2. The number of rotatable bonds is 8. The minimum absolute atomic E-state index is 0.0266. The van der Waals surface area contributed by atoms with Crippen molar-refractivity contribution >= 4 is 44.2 Å². The highest BCUT2D eigenvalue weighted by molar-refractivity contribution is 7.22. The number of likely N-dealkylation sites (N-methyl/N-ethyl adjacent to an activating group) is 1. The number of fused-ring (bicyclic) bond motifs is 1. The quantitative estimate of drug-likeness (QED) is 0.475. The summed E-state index contributed by atoms with van der Waals surface area (Å²) in [5.41, 5.74) is 4.18. The average Bonchev–Trinajstić information content (AvgIpc) is 3.11. The van der Waals surface area contributed by atoms with Gasteiger partial charge in [-0.3, -0.25) is 9.69 Å². The Kier molecular flexibility index (Phi) is 7.28. The van der Waals surface area contributed by atoms with Crippen LogP contribution in [0.25, 0.3) is 10.2 Å². The Morgan fingerprint density at radius 1 is 1.10 bits per heavy atom. The molecule has 0 aliphatic rings. The molecule has 154 valence electrons. The maximum Gasteiger partial charge on any atom is 0.233 e. The van der Waals surface area contributed by atoms with Gasteiger partial charge in [0.15, 0.2) is 5.13 Å². The minimum atomic E-state index is 0.0266. The van der Waals surface area contributed by atoms with Crippen LogP contribution < -0.4 is 4.90 Å². The van der Waals surface area contributed by atoms with E-state index in [9.17, 15) is 4.79 Å². The van der Waals surface area contributed by atoms with E-state index in [0.717, 1.165) is 46.1 Å². The second kappa shape index (κ2) is 9.70. The lowest BCUT2D eigenvalue weighted by Gasteiger charge is -2.25. The molecular weight excluding hydrogens is 402 g/mol. The summed E-state index contributed by atoms with van der Waals surface area (Å²) in [6.45, 7) is 11.8. The maximum absolute atomic E-state index is 13.3. The lowest BCUT2D eigenvalue weighted by Crippen LogP contribution is -2.39. The molecular formula is C23H28ClN3OS. The van der Waals surface area contributed by atoms with Crippen molar-refractivity contribution in [1.82, 2.24) is 9.88 Å². The van der Waals surface area contributed by atoms with E-state index in [0.29, 0.717) is 11.6 Å². The Hall–Kier alpha value is -1.95. The Labute approximate surface area is 182 Å². The average molecular weight is 430 g/mol. The zero-order valence-corrected chi connectivity index (χ0v) is 19.1. The van der Waals surface area contributed by atoms with Crippen LogP contribution in [0.1, 0.15) is 30.5 Å². The first-order valence-corrected chi connectivity index (χ1v) is 11.3. The van der Waals surface area contributed by atoms with Gasteiger partial charge in [-0.1, -0.05) is 61.1 Å². The van der Waals surface area contributed by atoms with Crippen molar-refractivity contribution in [1.29, 1.82) is 0 Å². The van der Waals surface area contributed by atoms with Gasteiger partial charge in [-0.05, 0) is 55.8 Å². The number of carbonyl (C=O) groups excluding carboxylic acids is 1. The molecule has 4 nitrogen and oxygen atoms in total. The Bertz CT molecular complexity index is 997. The maximum atomic E-state index is 13.3. The summed E-state index contributed by atoms with van der Waals surface area (Å²) < 4.78 is 1.12. The van der Waals surface area contributed by atoms with Gasteiger partial charge in [0, 0.05) is 18.1 Å². The second-order valence-electron chi connectivity index (χ2n) is 7.27. The number of thiazole rings is 1. The van der Waals surface area contributed by atoms with Crippen molar-refractivity contribution in [2.45, 2.75) is 34.1 Å². The van der Waals surface area contributed by atoms with Gasteiger partial charge >= 0.3 is 0 Å². The van der Waals surface area contributed by atoms with Crippen LogP contribution in [0.15, 0.2) is 36.4 Å². The summed E-state index contributed by atoms with van der Waals surface area (Å²) in [4.78, 5) is 22.3. The number of hydrogen-bond acceptors (Lipinski definition) is 4. The van der Waals surface area contributed by atoms with Gasteiger partial charge in [0.1, 0.15) is 0 Å². The van der Waals surface area contributed by atoms with Gasteiger partial charge in [-0.2, -0.15) is 0 Å². The molecule has 0 saturated heterocycles. The van der Waals surface area contributed by atoms with Crippen LogP contribution >= 0.6 is 22.9 Å². The van der Waals surface area contributed by atoms with Crippen LogP contribution in [0.2, 0.25) is 5.02 Å². The molecule has 0 fully saturated rings. The Morgan fingerprint density at radius 2 is 1.83 bits per heavy atom. The fourth-order valence-electron chi connectivity index (χ4n) is 3.48. The Morgan fingerprint density at radius 3 is 2.52 bits per heavy atom. The highest BCUT2D eigenvalue weighted by Crippen LogP contribution is 2.32. The first-order chi connectivity index (χ1) is 13.9. The van der Waals surface area contributed by atoms with E-state index in [4.69, 9.17) is 16.6 Å². The molecule has 0 spiro atoms. The summed E-state index contributed by atoms with van der Waals surface area (Å²) in [6, 6.07) is 11.8. The van der Waals surface area contributed by atoms with Crippen molar-refractivity contribution in [3.8, 4) is 0 Å². The number of benzene rings is 2. The van der Waals surface area contributed by atoms with E-state index >= 15 is 0 Å². The van der Waals surface area contributed by atoms with Crippen LogP contribution in [0, 0.1) is 13.8 Å². The van der Waals surface area contributed by atoms with Crippen molar-refractivity contribution in [3.63, 3.8) is 0 Å². The summed E-state index contributed by atoms with van der Waals surface area (Å²) >= 11 is 7.89. The highest BCUT2D eigenvalue weighted by Gasteiger charge is 2.22. The summed E-state index contributed by atoms with van der Waals surface area (Å²) in [5.74, 6) is 0.0266. The van der Waals surface area contributed by atoms with Crippen LogP contribution in [0.4, 0.5) is 5.13 Å². The molecule has 1 aromatic heterocycles. The predicted molar refractivity (Wildman–Crippen MR) is 124 cm³/mol. The highest BCUT2D eigenvalue weighted by atomic mass is 35.5. The molecule has 0 N–H and O–H groups in total. The molecule has 3 aromatic rings. The van der Waals surface area contributed by atoms with E-state index < -0.39 is 0 Å². The van der Waals surface area contributed by atoms with Gasteiger partial charge in [0.05, 0.1) is 16.6 Å². The first kappa shape index (κ1) is 21.8. The molecule has 0 bridgehead atoms. The third kappa shape index (κ3) is 5.16. The summed E-state index contributed by atoms with van der Waals surface area (Å²) in [6.07, 6.45) is 0.270. The number of hydrogen-bond donors (Lipinski definition) is 0. The summed E-state index contributed by atoms with van der Waals surface area (Å²) in [7, 11) is 0. The number of halogens is 1. The molecule has 0 atom stereocenters. The second-order valence-corrected chi connectivity index (χ2v) is 8.68. The lowest BCUT2D eigenvalue weighted by molar-refractivity contribution is -0.118. The van der Waals surface area contributed by atoms with Crippen molar-refractivity contribution in [3.05, 3.63) is 58.1 Å². The molecule has 2 aromatic carbocycles. The smallest absolute Gasteiger partial charge is 0.233 e. The topological polar surface area (TPSA) is 36.4 Å². The molecule has 29 heavy (non-hydrogen) atoms. The normalized spacial score (nSPS) is 11.4. The van der Waals surface area contributed by atoms with Crippen LogP contribution in [-0.4, -0.2) is 42.0 Å². The van der Waals surface area contributed by atoms with E-state index in [1.165, 1.54) is 5.56 Å². The van der Waals surface area contributed by atoms with Crippen molar-refractivity contribution in [2.75, 3.05) is 31.1 Å². The molecule has 0 aliphatic carbocycles. The van der Waals surface area contributed by atoms with E-state index in [1.54, 1.807) is 11.3 Å². The van der Waals surface area contributed by atoms with Gasteiger partial charge in [-0.25, -0.2) is 4.98 Å². The molecule has 6 heteroatoms. The van der Waals surface area contributed by atoms with Gasteiger partial charge < -0.3 is 4.90 Å². The number of nitrogens with zero attached hydrogens (tertiary/aromatic N) is 3. The Balaban J connectivity index is 1.93. The van der Waals surface area contributed by atoms with Gasteiger partial charge in [-0.15, -0.1) is 0 Å². The fraction of sp³-hybridized carbons (Fsp3) is 0.391. The van der Waals surface area contributed by atoms with Gasteiger partial charge in [0.2, 0.25) is 5.91 Å². The van der Waals surface area contributed by atoms with E-state index in [1.807, 2.05) is 29.2 Å². The van der Waals surface area contributed by atoms with Crippen molar-refractivity contribution in [2.24, 2.45) is 0 Å². The molecule has 1 amide bonds. The van der Waals surface area contributed by atoms with Crippen LogP contribution in [0.3, 0.4) is 0 Å². The third-order valence-electron chi connectivity index (χ3n) is 5.18. The molecule has 0 unspecified atom stereocenters. The molecule has 0 radical (unpaired) electrons. The minimum Gasteiger partial charge on any atom is -0.302 e. The van der Waals surface area contributed by atoms with Gasteiger partial charge in [0.25, 0.3) is 0 Å². The largest absolute Gasteiger partial charge is 0.302 e. The molecule has 1 heterocycles. The molecule has 3 rings (SSSR count). The molecule has 0 aliphatic heterocycles. The monoisotopic (exact) mass is 429 g/mol. The number of anilines is 1. The number of carbonyl (C=O) groups is 1. The lowest BCUT2D eigenvalue weighted by atomic mass is 10.1. The fourth-order valence-corrected chi connectivity index (χ4v) is 4.87. The van der Waals surface area contributed by atoms with Crippen LogP contribution in [0.5, 0.6) is 0 Å². The summed E-state index contributed by atoms with van der Waals surface area (Å²) in [5, 5.41) is 1.39. The van der Waals surface area contributed by atoms with Crippen molar-refractivity contribution < 1.29 is 4.79 Å². The van der Waals surface area contributed by atoms with Crippen LogP contribution in [-0.2, 0) is 11.2 Å². The standard InChI is InChI=1S/C23H28ClN3OS/c1-5-26(6-2)11-12-27(21(28)15-18-9-7-8-10-19(18)24)23-25-22-17(4)13-16(3)14-20(22)29-23/h7-10,13-14H,5-6,11-12,15H2,1-4H3. The number of aromatic nitrogens is 1. The zero-order chi connectivity index (χ0) is 21.0. The van der Waals surface area contributed by atoms with E-state index in [2.05, 4.69) is 44.7 Å². The zero-order valence-electron chi connectivity index (χ0n) is 17.5. The molecule has 0 saturated carbocycles. The SMILES string of the molecule is CCN(CC)CCN(C(=O)Cc1ccccc1Cl)c1nc2c(C)cc(C)cc2s1. The van der Waals surface area contributed by atoms with E-state index in [-0.39, 0.29) is 12.3 Å². The third-order valence-corrected chi connectivity index (χ3v) is 6.58. The first-order valence-electron chi connectivity index (χ1n) is 10.1. The predicted octanol–water partition coefficient (Wildman–Crippen LogP) is 5.48.